The third-order valence-corrected chi connectivity index (χ3v) is 1.93. The van der Waals surface area contributed by atoms with Gasteiger partial charge in [-0.3, -0.25) is 5.41 Å². The quantitative estimate of drug-likeness (QED) is 0.438. The molecule has 1 heterocycles. The van der Waals surface area contributed by atoms with Crippen LogP contribution in [-0.4, -0.2) is 5.84 Å². The van der Waals surface area contributed by atoms with Gasteiger partial charge in [-0.25, -0.2) is 4.79 Å². The van der Waals surface area contributed by atoms with E-state index in [0.29, 0.717) is 5.58 Å². The maximum Gasteiger partial charge on any atom is 0.347 e. The molecule has 5 heteroatoms. The lowest BCUT2D eigenvalue weighted by molar-refractivity contribution is 0.559. The van der Waals surface area contributed by atoms with Gasteiger partial charge in [0, 0.05) is 5.39 Å². The van der Waals surface area contributed by atoms with Gasteiger partial charge in [-0.05, 0) is 12.1 Å². The summed E-state index contributed by atoms with van der Waals surface area (Å²) in [5.74, 6) is -0.274. The Hall–Kier alpha value is -1.81. The van der Waals surface area contributed by atoms with E-state index in [0.717, 1.165) is 5.39 Å². The molecule has 1 aromatic carbocycles. The van der Waals surface area contributed by atoms with Crippen LogP contribution in [0.25, 0.3) is 11.0 Å². The number of para-hydroxylation sites is 1. The van der Waals surface area contributed by atoms with Crippen LogP contribution < -0.4 is 11.4 Å². The van der Waals surface area contributed by atoms with E-state index < -0.39 is 5.63 Å². The number of nitrogen functional groups attached to an aromatic ring is 1. The van der Waals surface area contributed by atoms with Gasteiger partial charge in [0.2, 0.25) is 0 Å². The summed E-state index contributed by atoms with van der Waals surface area (Å²) in [5, 5.41) is 7.93. The van der Waals surface area contributed by atoms with Crippen molar-refractivity contribution < 1.29 is 4.42 Å². The number of nitrogens with two attached hydrogens (primary N) is 1. The van der Waals surface area contributed by atoms with Crippen molar-refractivity contribution in [3.05, 3.63) is 46.3 Å². The van der Waals surface area contributed by atoms with Gasteiger partial charge >= 0.3 is 5.63 Å². The van der Waals surface area contributed by atoms with Crippen molar-refractivity contribution in [3.8, 4) is 0 Å². The molecule has 0 spiro atoms. The molecule has 0 atom stereocenters. The number of rotatable bonds is 1. The van der Waals surface area contributed by atoms with Crippen LogP contribution in [-0.2, 0) is 0 Å². The summed E-state index contributed by atoms with van der Waals surface area (Å²) in [5.41, 5.74) is 5.26. The summed E-state index contributed by atoms with van der Waals surface area (Å²) in [6, 6.07) is 8.65. The highest BCUT2D eigenvalue weighted by molar-refractivity contribution is 5.97. The van der Waals surface area contributed by atoms with Gasteiger partial charge in [-0.15, -0.1) is 12.4 Å². The predicted molar refractivity (Wildman–Crippen MR) is 60.7 cm³/mol. The lowest BCUT2D eigenvalue weighted by atomic mass is 10.2. The average Bonchev–Trinajstić information content (AvgIpc) is 2.16. The minimum Gasteiger partial charge on any atom is -0.422 e. The molecular formula is C10H9ClN2O2. The van der Waals surface area contributed by atoms with E-state index in [1.165, 1.54) is 0 Å². The minimum atomic E-state index is -0.573. The molecule has 0 amide bonds. The Morgan fingerprint density at radius 1 is 1.33 bits per heavy atom. The van der Waals surface area contributed by atoms with Crippen LogP contribution >= 0.6 is 12.4 Å². The van der Waals surface area contributed by atoms with E-state index in [1.807, 2.05) is 6.07 Å². The minimum absolute atomic E-state index is 0. The lowest BCUT2D eigenvalue weighted by Gasteiger charge is -1.98. The smallest absolute Gasteiger partial charge is 0.347 e. The summed E-state index contributed by atoms with van der Waals surface area (Å²) >= 11 is 0. The molecule has 0 bridgehead atoms. The second kappa shape index (κ2) is 4.14. The fourth-order valence-corrected chi connectivity index (χ4v) is 1.25. The fraction of sp³-hybridized carbons (Fsp3) is 0. The number of nitrogens with one attached hydrogen (secondary N) is 1. The Morgan fingerprint density at radius 2 is 2.00 bits per heavy atom. The van der Waals surface area contributed by atoms with E-state index in [2.05, 4.69) is 0 Å². The van der Waals surface area contributed by atoms with Crippen molar-refractivity contribution in [3.63, 3.8) is 0 Å². The zero-order valence-corrected chi connectivity index (χ0v) is 8.51. The zero-order chi connectivity index (χ0) is 10.1. The Morgan fingerprint density at radius 3 is 2.67 bits per heavy atom. The van der Waals surface area contributed by atoms with Crippen molar-refractivity contribution in [2.75, 3.05) is 0 Å². The number of amidine groups is 1. The van der Waals surface area contributed by atoms with Crippen LogP contribution in [0.4, 0.5) is 0 Å². The third kappa shape index (κ3) is 1.99. The van der Waals surface area contributed by atoms with E-state index in [9.17, 15) is 4.79 Å². The first-order chi connectivity index (χ1) is 6.68. The Balaban J connectivity index is 0.00000112. The molecule has 0 aliphatic carbocycles. The standard InChI is InChI=1S/C10H8N2O2.ClH/c11-9(12)7-5-6-3-1-2-4-8(6)14-10(7)13;/h1-5H,(H3,11,12);1H. The van der Waals surface area contributed by atoms with E-state index >= 15 is 0 Å². The molecule has 0 unspecified atom stereocenters. The van der Waals surface area contributed by atoms with Gasteiger partial charge in [-0.2, -0.15) is 0 Å². The highest BCUT2D eigenvalue weighted by Crippen LogP contribution is 2.11. The number of hydrogen-bond donors (Lipinski definition) is 2. The van der Waals surface area contributed by atoms with Crippen LogP contribution in [0.15, 0.2) is 39.5 Å². The molecule has 0 saturated heterocycles. The second-order valence-electron chi connectivity index (χ2n) is 2.90. The molecular weight excluding hydrogens is 216 g/mol. The highest BCUT2D eigenvalue weighted by atomic mass is 35.5. The largest absolute Gasteiger partial charge is 0.422 e. The molecule has 15 heavy (non-hydrogen) atoms. The molecule has 2 aromatic rings. The first kappa shape index (κ1) is 11.3. The van der Waals surface area contributed by atoms with Crippen LogP contribution in [0.5, 0.6) is 0 Å². The molecule has 3 N–H and O–H groups in total. The molecule has 0 radical (unpaired) electrons. The first-order valence-corrected chi connectivity index (χ1v) is 4.06. The van der Waals surface area contributed by atoms with Crippen LogP contribution in [0, 0.1) is 5.41 Å². The van der Waals surface area contributed by atoms with Crippen molar-refractivity contribution in [2.24, 2.45) is 5.73 Å². The zero-order valence-electron chi connectivity index (χ0n) is 7.69. The molecule has 0 aliphatic heterocycles. The van der Waals surface area contributed by atoms with E-state index in [4.69, 9.17) is 15.6 Å². The van der Waals surface area contributed by atoms with Crippen molar-refractivity contribution >= 4 is 29.2 Å². The van der Waals surface area contributed by atoms with Gasteiger partial charge in [0.1, 0.15) is 17.0 Å². The Bertz CT molecular complexity index is 563. The molecule has 1 aromatic heterocycles. The third-order valence-electron chi connectivity index (χ3n) is 1.93. The first-order valence-electron chi connectivity index (χ1n) is 4.06. The number of halogens is 1. The van der Waals surface area contributed by atoms with Gasteiger partial charge < -0.3 is 10.2 Å². The lowest BCUT2D eigenvalue weighted by Crippen LogP contribution is -2.20. The molecule has 4 nitrogen and oxygen atoms in total. The van der Waals surface area contributed by atoms with Crippen LogP contribution in [0.3, 0.4) is 0 Å². The predicted octanol–water partition coefficient (Wildman–Crippen LogP) is 1.50. The highest BCUT2D eigenvalue weighted by Gasteiger charge is 2.06. The number of hydrogen-bond acceptors (Lipinski definition) is 3. The van der Waals surface area contributed by atoms with E-state index in [-0.39, 0.29) is 23.8 Å². The molecule has 78 valence electrons. The monoisotopic (exact) mass is 224 g/mol. The summed E-state index contributed by atoms with van der Waals surface area (Å²) in [4.78, 5) is 11.3. The molecule has 0 fully saturated rings. The normalized spacial score (nSPS) is 9.60. The number of benzene rings is 1. The topological polar surface area (TPSA) is 80.1 Å². The summed E-state index contributed by atoms with van der Waals surface area (Å²) in [6.07, 6.45) is 0. The summed E-state index contributed by atoms with van der Waals surface area (Å²) in [6.45, 7) is 0. The van der Waals surface area contributed by atoms with Crippen molar-refractivity contribution in [1.82, 2.24) is 0 Å². The maximum absolute atomic E-state index is 11.3. The molecule has 0 aliphatic rings. The Labute approximate surface area is 91.6 Å². The Kier molecular flexibility index (Phi) is 3.11. The van der Waals surface area contributed by atoms with Gasteiger partial charge in [0.15, 0.2) is 0 Å². The molecule has 2 rings (SSSR count). The van der Waals surface area contributed by atoms with Gasteiger partial charge in [0.25, 0.3) is 0 Å². The second-order valence-corrected chi connectivity index (χ2v) is 2.90. The average molecular weight is 225 g/mol. The van der Waals surface area contributed by atoms with Gasteiger partial charge in [-0.1, -0.05) is 18.2 Å². The molecule has 0 saturated carbocycles. The maximum atomic E-state index is 11.3. The van der Waals surface area contributed by atoms with E-state index in [1.54, 1.807) is 24.3 Å². The van der Waals surface area contributed by atoms with Crippen molar-refractivity contribution in [2.45, 2.75) is 0 Å². The number of fused-ring (bicyclic) bond motifs is 1. The summed E-state index contributed by atoms with van der Waals surface area (Å²) in [7, 11) is 0. The van der Waals surface area contributed by atoms with Crippen molar-refractivity contribution in [1.29, 1.82) is 5.41 Å². The van der Waals surface area contributed by atoms with Gasteiger partial charge in [0.05, 0.1) is 0 Å². The SMILES string of the molecule is Cl.N=C(N)c1cc2ccccc2oc1=O. The van der Waals surface area contributed by atoms with Crippen LogP contribution in [0.2, 0.25) is 0 Å². The fourth-order valence-electron chi connectivity index (χ4n) is 1.25. The van der Waals surface area contributed by atoms with Crippen LogP contribution in [0.1, 0.15) is 5.56 Å². The summed E-state index contributed by atoms with van der Waals surface area (Å²) < 4.78 is 4.98.